The fourth-order valence-electron chi connectivity index (χ4n) is 1.11. The van der Waals surface area contributed by atoms with Crippen molar-refractivity contribution in [3.63, 3.8) is 0 Å². The lowest BCUT2D eigenvalue weighted by Crippen LogP contribution is -2.35. The smallest absolute Gasteiger partial charge is 0.225 e. The zero-order valence-electron chi connectivity index (χ0n) is 9.42. The number of hydrogen-bond donors (Lipinski definition) is 3. The van der Waals surface area contributed by atoms with Crippen LogP contribution in [0.15, 0.2) is 6.20 Å². The standard InChI is InChI=1S/C10H18N4O/c1-10(2,3)13-6-7-5-12-9(14-7)4-8(11)15/h5,13H,4,6H2,1-3H3,(H2,11,15)(H,12,14). The number of carbonyl (C=O) groups excluding carboxylic acids is 1. The largest absolute Gasteiger partial charge is 0.369 e. The van der Waals surface area contributed by atoms with Crippen LogP contribution in [0.4, 0.5) is 0 Å². The van der Waals surface area contributed by atoms with E-state index in [0.29, 0.717) is 12.4 Å². The summed E-state index contributed by atoms with van der Waals surface area (Å²) in [6, 6.07) is 0. The van der Waals surface area contributed by atoms with E-state index < -0.39 is 0 Å². The van der Waals surface area contributed by atoms with Gasteiger partial charge in [0.2, 0.25) is 5.91 Å². The van der Waals surface area contributed by atoms with Crippen LogP contribution in [0.1, 0.15) is 32.3 Å². The van der Waals surface area contributed by atoms with Crippen molar-refractivity contribution in [2.24, 2.45) is 5.73 Å². The first-order chi connectivity index (χ1) is 6.87. The third-order valence-electron chi connectivity index (χ3n) is 1.83. The number of nitrogens with one attached hydrogen (secondary N) is 2. The van der Waals surface area contributed by atoms with Gasteiger partial charge in [0.1, 0.15) is 5.82 Å². The third-order valence-corrected chi connectivity index (χ3v) is 1.83. The summed E-state index contributed by atoms with van der Waals surface area (Å²) in [5.41, 5.74) is 6.09. The van der Waals surface area contributed by atoms with Crippen LogP contribution in [-0.4, -0.2) is 21.4 Å². The normalized spacial score (nSPS) is 11.7. The number of imidazole rings is 1. The van der Waals surface area contributed by atoms with Crippen molar-refractivity contribution in [1.29, 1.82) is 0 Å². The molecule has 0 aliphatic carbocycles. The van der Waals surface area contributed by atoms with Gasteiger partial charge in [0.25, 0.3) is 0 Å². The van der Waals surface area contributed by atoms with Gasteiger partial charge in [-0.1, -0.05) is 0 Å². The number of hydrogen-bond acceptors (Lipinski definition) is 3. The molecule has 0 bridgehead atoms. The van der Waals surface area contributed by atoms with E-state index in [4.69, 9.17) is 5.73 Å². The molecule has 0 fully saturated rings. The van der Waals surface area contributed by atoms with E-state index in [1.807, 2.05) is 0 Å². The Bertz CT molecular complexity index is 337. The van der Waals surface area contributed by atoms with Gasteiger partial charge in [-0.3, -0.25) is 4.79 Å². The van der Waals surface area contributed by atoms with Crippen LogP contribution >= 0.6 is 0 Å². The fourth-order valence-corrected chi connectivity index (χ4v) is 1.11. The zero-order chi connectivity index (χ0) is 11.5. The molecule has 0 aromatic carbocycles. The van der Waals surface area contributed by atoms with Crippen LogP contribution < -0.4 is 11.1 Å². The van der Waals surface area contributed by atoms with E-state index in [1.165, 1.54) is 0 Å². The zero-order valence-corrected chi connectivity index (χ0v) is 9.42. The molecule has 0 atom stereocenters. The van der Waals surface area contributed by atoms with Crippen LogP contribution in [0, 0.1) is 0 Å². The second-order valence-corrected chi connectivity index (χ2v) is 4.60. The highest BCUT2D eigenvalue weighted by Gasteiger charge is 2.10. The Morgan fingerprint density at radius 2 is 2.27 bits per heavy atom. The number of nitrogens with two attached hydrogens (primary N) is 1. The maximum Gasteiger partial charge on any atom is 0.225 e. The molecule has 1 aromatic rings. The molecule has 1 rings (SSSR count). The molecule has 0 saturated carbocycles. The molecule has 0 saturated heterocycles. The molecule has 5 nitrogen and oxygen atoms in total. The maximum atomic E-state index is 10.6. The number of nitrogens with zero attached hydrogens (tertiary/aromatic N) is 1. The van der Waals surface area contributed by atoms with Crippen LogP contribution in [0.3, 0.4) is 0 Å². The summed E-state index contributed by atoms with van der Waals surface area (Å²) >= 11 is 0. The van der Waals surface area contributed by atoms with Crippen molar-refractivity contribution in [2.75, 3.05) is 0 Å². The van der Waals surface area contributed by atoms with E-state index in [-0.39, 0.29) is 17.9 Å². The quantitative estimate of drug-likeness (QED) is 0.669. The predicted molar refractivity (Wildman–Crippen MR) is 58.1 cm³/mol. The lowest BCUT2D eigenvalue weighted by Gasteiger charge is -2.19. The lowest BCUT2D eigenvalue weighted by molar-refractivity contribution is -0.117. The summed E-state index contributed by atoms with van der Waals surface area (Å²) in [4.78, 5) is 17.7. The van der Waals surface area contributed by atoms with Crippen molar-refractivity contribution in [3.8, 4) is 0 Å². The van der Waals surface area contributed by atoms with Gasteiger partial charge in [-0.25, -0.2) is 4.98 Å². The Kier molecular flexibility index (Phi) is 3.47. The average molecular weight is 210 g/mol. The molecule has 0 aliphatic heterocycles. The Hall–Kier alpha value is -1.36. The van der Waals surface area contributed by atoms with Gasteiger partial charge in [-0.15, -0.1) is 0 Å². The van der Waals surface area contributed by atoms with Gasteiger partial charge >= 0.3 is 0 Å². The summed E-state index contributed by atoms with van der Waals surface area (Å²) in [5.74, 6) is 0.243. The highest BCUT2D eigenvalue weighted by atomic mass is 16.1. The SMILES string of the molecule is CC(C)(C)NCc1cnc(CC(N)=O)[nH]1. The third kappa shape index (κ3) is 4.60. The van der Waals surface area contributed by atoms with E-state index in [2.05, 4.69) is 36.1 Å². The van der Waals surface area contributed by atoms with Gasteiger partial charge in [0.05, 0.1) is 6.42 Å². The van der Waals surface area contributed by atoms with Gasteiger partial charge in [-0.2, -0.15) is 0 Å². The molecule has 4 N–H and O–H groups in total. The number of amides is 1. The summed E-state index contributed by atoms with van der Waals surface area (Å²) < 4.78 is 0. The fraction of sp³-hybridized carbons (Fsp3) is 0.600. The molecule has 0 radical (unpaired) electrons. The summed E-state index contributed by atoms with van der Waals surface area (Å²) in [7, 11) is 0. The highest BCUT2D eigenvalue weighted by Crippen LogP contribution is 2.03. The van der Waals surface area contributed by atoms with E-state index in [9.17, 15) is 4.79 Å². The van der Waals surface area contributed by atoms with Crippen molar-refractivity contribution >= 4 is 5.91 Å². The van der Waals surface area contributed by atoms with Crippen molar-refractivity contribution in [1.82, 2.24) is 15.3 Å². The van der Waals surface area contributed by atoms with Gasteiger partial charge < -0.3 is 16.0 Å². The minimum Gasteiger partial charge on any atom is -0.369 e. The Morgan fingerprint density at radius 1 is 1.60 bits per heavy atom. The number of aromatic amines is 1. The first-order valence-corrected chi connectivity index (χ1v) is 4.93. The monoisotopic (exact) mass is 210 g/mol. The molecule has 1 heterocycles. The Labute approximate surface area is 89.5 Å². The second kappa shape index (κ2) is 4.44. The molecule has 84 valence electrons. The van der Waals surface area contributed by atoms with Crippen LogP contribution in [0.2, 0.25) is 0 Å². The maximum absolute atomic E-state index is 10.6. The van der Waals surface area contributed by atoms with Gasteiger partial charge in [0.15, 0.2) is 0 Å². The first kappa shape index (κ1) is 11.7. The lowest BCUT2D eigenvalue weighted by atomic mass is 10.1. The predicted octanol–water partition coefficient (Wildman–Crippen LogP) is 0.326. The summed E-state index contributed by atoms with van der Waals surface area (Å²) in [5, 5.41) is 3.32. The number of aromatic nitrogens is 2. The number of primary amides is 1. The van der Waals surface area contributed by atoms with Crippen molar-refractivity contribution < 1.29 is 4.79 Å². The molecule has 1 aromatic heterocycles. The van der Waals surface area contributed by atoms with Gasteiger partial charge in [0, 0.05) is 24.0 Å². The molecular weight excluding hydrogens is 192 g/mol. The van der Waals surface area contributed by atoms with E-state index in [1.54, 1.807) is 6.20 Å². The Balaban J connectivity index is 2.50. The van der Waals surface area contributed by atoms with Crippen LogP contribution in [0.5, 0.6) is 0 Å². The first-order valence-electron chi connectivity index (χ1n) is 4.93. The molecule has 0 spiro atoms. The van der Waals surface area contributed by atoms with E-state index in [0.717, 1.165) is 5.69 Å². The van der Waals surface area contributed by atoms with Crippen LogP contribution in [-0.2, 0) is 17.8 Å². The Morgan fingerprint density at radius 3 is 2.80 bits per heavy atom. The molecule has 5 heteroatoms. The number of H-pyrrole nitrogens is 1. The van der Waals surface area contributed by atoms with Crippen molar-refractivity contribution in [3.05, 3.63) is 17.7 Å². The second-order valence-electron chi connectivity index (χ2n) is 4.60. The highest BCUT2D eigenvalue weighted by molar-refractivity contribution is 5.75. The van der Waals surface area contributed by atoms with Crippen molar-refractivity contribution in [2.45, 2.75) is 39.3 Å². The minimum atomic E-state index is -0.375. The van der Waals surface area contributed by atoms with Crippen LogP contribution in [0.25, 0.3) is 0 Å². The molecule has 15 heavy (non-hydrogen) atoms. The number of carbonyl (C=O) groups is 1. The summed E-state index contributed by atoms with van der Waals surface area (Å²) in [6.45, 7) is 6.98. The molecule has 0 aliphatic rings. The molecular formula is C10H18N4O. The molecule has 0 unspecified atom stereocenters. The van der Waals surface area contributed by atoms with E-state index >= 15 is 0 Å². The summed E-state index contributed by atoms with van der Waals surface area (Å²) in [6.07, 6.45) is 1.88. The average Bonchev–Trinajstić information content (AvgIpc) is 2.46. The molecule has 1 amide bonds. The van der Waals surface area contributed by atoms with Gasteiger partial charge in [-0.05, 0) is 20.8 Å². The minimum absolute atomic E-state index is 0.0644. The topological polar surface area (TPSA) is 83.8 Å². The number of rotatable bonds is 4.